The van der Waals surface area contributed by atoms with Gasteiger partial charge in [0.15, 0.2) is 0 Å². The zero-order valence-corrected chi connectivity index (χ0v) is 12.9. The fraction of sp³-hybridized carbons (Fsp3) is 1.00. The van der Waals surface area contributed by atoms with E-state index in [1.807, 2.05) is 11.8 Å². The standard InChI is InChI=1S/C15H29NOS/c1-3-17-14-12-13(16-10-7-11-18-2)15(14)8-5-4-6-9-15/h13-14,16H,3-12H2,1-2H3. The van der Waals surface area contributed by atoms with E-state index in [0.717, 1.165) is 12.6 Å². The van der Waals surface area contributed by atoms with Crippen molar-refractivity contribution in [2.75, 3.05) is 25.2 Å². The van der Waals surface area contributed by atoms with Crippen LogP contribution in [0, 0.1) is 5.41 Å². The maximum atomic E-state index is 5.98. The molecule has 0 saturated heterocycles. The Kier molecular flexibility index (Phi) is 5.84. The molecule has 1 N–H and O–H groups in total. The Labute approximate surface area is 117 Å². The van der Waals surface area contributed by atoms with E-state index in [1.54, 1.807) is 0 Å². The van der Waals surface area contributed by atoms with E-state index in [-0.39, 0.29) is 0 Å². The van der Waals surface area contributed by atoms with Crippen molar-refractivity contribution < 1.29 is 4.74 Å². The molecule has 2 rings (SSSR count). The van der Waals surface area contributed by atoms with Crippen LogP contribution in [-0.2, 0) is 4.74 Å². The summed E-state index contributed by atoms with van der Waals surface area (Å²) in [6.45, 7) is 4.20. The van der Waals surface area contributed by atoms with Crippen molar-refractivity contribution in [3.05, 3.63) is 0 Å². The summed E-state index contributed by atoms with van der Waals surface area (Å²) in [5.74, 6) is 1.28. The molecular weight excluding hydrogens is 242 g/mol. The Hall–Kier alpha value is 0.270. The molecule has 0 heterocycles. The van der Waals surface area contributed by atoms with Gasteiger partial charge in [-0.05, 0) is 51.2 Å². The zero-order chi connectivity index (χ0) is 12.8. The lowest BCUT2D eigenvalue weighted by molar-refractivity contribution is -0.149. The van der Waals surface area contributed by atoms with E-state index in [2.05, 4.69) is 18.5 Å². The van der Waals surface area contributed by atoms with Gasteiger partial charge in [0.25, 0.3) is 0 Å². The van der Waals surface area contributed by atoms with Gasteiger partial charge in [0.2, 0.25) is 0 Å². The first-order valence-corrected chi connectivity index (χ1v) is 9.07. The molecule has 2 nitrogen and oxygen atoms in total. The Balaban J connectivity index is 1.82. The van der Waals surface area contributed by atoms with Crippen LogP contribution in [0.25, 0.3) is 0 Å². The second-order valence-corrected chi connectivity index (χ2v) is 6.81. The van der Waals surface area contributed by atoms with Crippen molar-refractivity contribution in [2.45, 2.75) is 64.0 Å². The van der Waals surface area contributed by atoms with Crippen molar-refractivity contribution in [3.8, 4) is 0 Å². The van der Waals surface area contributed by atoms with Crippen molar-refractivity contribution in [2.24, 2.45) is 5.41 Å². The molecule has 2 atom stereocenters. The van der Waals surface area contributed by atoms with Crippen molar-refractivity contribution >= 4 is 11.8 Å². The van der Waals surface area contributed by atoms with Crippen LogP contribution >= 0.6 is 11.8 Å². The Bertz CT molecular complexity index is 241. The predicted octanol–water partition coefficient (Wildman–Crippen LogP) is 3.46. The van der Waals surface area contributed by atoms with Crippen LogP contribution in [0.15, 0.2) is 0 Å². The molecule has 0 aromatic rings. The summed E-state index contributed by atoms with van der Waals surface area (Å²) in [6.07, 6.45) is 12.3. The normalized spacial score (nSPS) is 30.3. The largest absolute Gasteiger partial charge is 0.378 e. The van der Waals surface area contributed by atoms with Crippen molar-refractivity contribution in [1.29, 1.82) is 0 Å². The quantitative estimate of drug-likeness (QED) is 0.717. The van der Waals surface area contributed by atoms with Crippen LogP contribution in [0.1, 0.15) is 51.9 Å². The summed E-state index contributed by atoms with van der Waals surface area (Å²) in [4.78, 5) is 0. The maximum Gasteiger partial charge on any atom is 0.0661 e. The van der Waals surface area contributed by atoms with Crippen molar-refractivity contribution in [3.63, 3.8) is 0 Å². The molecule has 0 aliphatic heterocycles. The van der Waals surface area contributed by atoms with Gasteiger partial charge < -0.3 is 10.1 Å². The highest BCUT2D eigenvalue weighted by Gasteiger charge is 2.55. The average molecular weight is 271 g/mol. The van der Waals surface area contributed by atoms with Gasteiger partial charge in [-0.2, -0.15) is 11.8 Å². The van der Waals surface area contributed by atoms with Gasteiger partial charge in [-0.15, -0.1) is 0 Å². The van der Waals surface area contributed by atoms with Crippen LogP contribution in [0.5, 0.6) is 0 Å². The van der Waals surface area contributed by atoms with Crippen LogP contribution in [-0.4, -0.2) is 37.3 Å². The van der Waals surface area contributed by atoms with Gasteiger partial charge in [0.05, 0.1) is 6.10 Å². The van der Waals surface area contributed by atoms with Crippen LogP contribution in [0.4, 0.5) is 0 Å². The maximum absolute atomic E-state index is 5.98. The molecular formula is C15H29NOS. The molecule has 0 bridgehead atoms. The lowest BCUT2D eigenvalue weighted by Gasteiger charge is -2.58. The van der Waals surface area contributed by atoms with Crippen LogP contribution in [0.3, 0.4) is 0 Å². The smallest absolute Gasteiger partial charge is 0.0661 e. The molecule has 18 heavy (non-hydrogen) atoms. The predicted molar refractivity (Wildman–Crippen MR) is 80.3 cm³/mol. The summed E-state index contributed by atoms with van der Waals surface area (Å²) in [6, 6.07) is 0.733. The third kappa shape index (κ3) is 3.05. The third-order valence-corrected chi connectivity index (χ3v) is 5.55. The SMILES string of the molecule is CCOC1CC(NCCCSC)C12CCCCC2. The highest BCUT2D eigenvalue weighted by Crippen LogP contribution is 2.53. The van der Waals surface area contributed by atoms with E-state index in [4.69, 9.17) is 4.74 Å². The highest BCUT2D eigenvalue weighted by atomic mass is 32.2. The lowest BCUT2D eigenvalue weighted by atomic mass is 9.55. The molecule has 2 fully saturated rings. The van der Waals surface area contributed by atoms with Gasteiger partial charge in [-0.1, -0.05) is 19.3 Å². The first kappa shape index (κ1) is 14.7. The molecule has 2 unspecified atom stereocenters. The minimum absolute atomic E-state index is 0.494. The molecule has 0 amide bonds. The van der Waals surface area contributed by atoms with Crippen molar-refractivity contribution in [1.82, 2.24) is 5.32 Å². The van der Waals surface area contributed by atoms with E-state index in [0.29, 0.717) is 11.5 Å². The number of rotatable bonds is 7. The number of thioether (sulfide) groups is 1. The molecule has 0 radical (unpaired) electrons. The molecule has 2 saturated carbocycles. The second kappa shape index (κ2) is 7.16. The van der Waals surface area contributed by atoms with Crippen LogP contribution in [0.2, 0.25) is 0 Å². The Morgan fingerprint density at radius 2 is 2.06 bits per heavy atom. The summed E-state index contributed by atoms with van der Waals surface area (Å²) in [5.41, 5.74) is 0.494. The topological polar surface area (TPSA) is 21.3 Å². The fourth-order valence-electron chi connectivity index (χ4n) is 3.84. The molecule has 2 aliphatic carbocycles. The Morgan fingerprint density at radius 1 is 1.28 bits per heavy atom. The first-order valence-electron chi connectivity index (χ1n) is 7.67. The summed E-state index contributed by atoms with van der Waals surface area (Å²) in [5, 5.41) is 3.81. The molecule has 1 spiro atoms. The third-order valence-electron chi connectivity index (χ3n) is 4.85. The lowest BCUT2D eigenvalue weighted by Crippen LogP contribution is -2.64. The summed E-state index contributed by atoms with van der Waals surface area (Å²) in [7, 11) is 0. The molecule has 0 aromatic carbocycles. The monoisotopic (exact) mass is 271 g/mol. The number of hydrogen-bond donors (Lipinski definition) is 1. The first-order chi connectivity index (χ1) is 8.83. The molecule has 3 heteroatoms. The van der Waals surface area contributed by atoms with E-state index in [9.17, 15) is 0 Å². The molecule has 0 aromatic heterocycles. The second-order valence-electron chi connectivity index (χ2n) is 5.83. The van der Waals surface area contributed by atoms with Gasteiger partial charge in [-0.25, -0.2) is 0 Å². The number of hydrogen-bond acceptors (Lipinski definition) is 3. The van der Waals surface area contributed by atoms with Gasteiger partial charge >= 0.3 is 0 Å². The number of ether oxygens (including phenoxy) is 1. The summed E-state index contributed by atoms with van der Waals surface area (Å²) < 4.78 is 5.98. The number of nitrogens with one attached hydrogen (secondary N) is 1. The zero-order valence-electron chi connectivity index (χ0n) is 12.0. The minimum atomic E-state index is 0.494. The van der Waals surface area contributed by atoms with Crippen LogP contribution < -0.4 is 5.32 Å². The minimum Gasteiger partial charge on any atom is -0.378 e. The highest BCUT2D eigenvalue weighted by molar-refractivity contribution is 7.98. The fourth-order valence-corrected chi connectivity index (χ4v) is 4.28. The summed E-state index contributed by atoms with van der Waals surface area (Å²) >= 11 is 1.95. The van der Waals surface area contributed by atoms with E-state index < -0.39 is 0 Å². The van der Waals surface area contributed by atoms with E-state index in [1.165, 1.54) is 57.2 Å². The van der Waals surface area contributed by atoms with Gasteiger partial charge in [-0.3, -0.25) is 0 Å². The van der Waals surface area contributed by atoms with E-state index >= 15 is 0 Å². The molecule has 2 aliphatic rings. The Morgan fingerprint density at radius 3 is 2.72 bits per heavy atom. The van der Waals surface area contributed by atoms with Gasteiger partial charge in [0, 0.05) is 18.1 Å². The average Bonchev–Trinajstić information content (AvgIpc) is 2.42. The molecule has 106 valence electrons. The van der Waals surface area contributed by atoms with Gasteiger partial charge in [0.1, 0.15) is 0 Å².